The van der Waals surface area contributed by atoms with Crippen LogP contribution < -0.4 is 36.6 Å². The van der Waals surface area contributed by atoms with Gasteiger partial charge in [-0.2, -0.15) is 0 Å². The van der Waals surface area contributed by atoms with Crippen molar-refractivity contribution < 1.29 is 43.1 Å². The number of ketones is 2. The van der Waals surface area contributed by atoms with E-state index in [0.717, 1.165) is 49.7 Å². The molecule has 438 valence electrons. The summed E-state index contributed by atoms with van der Waals surface area (Å²) in [5.41, 5.74) is 3.39. The minimum Gasteiger partial charge on any atom is -0.497 e. The predicted octanol–water partition coefficient (Wildman–Crippen LogP) is 6.78. The van der Waals surface area contributed by atoms with Crippen LogP contribution in [0.15, 0.2) is 66.7 Å². The Labute approximate surface area is 485 Å². The maximum atomic E-state index is 14.8. The van der Waals surface area contributed by atoms with Crippen LogP contribution in [0.2, 0.25) is 0 Å². The molecule has 0 saturated carbocycles. The Balaban J connectivity index is 0.00000588. The van der Waals surface area contributed by atoms with Crippen molar-refractivity contribution in [1.29, 1.82) is 0 Å². The molecular formula is C61H86Cl2N8O9. The van der Waals surface area contributed by atoms with Crippen LogP contribution in [-0.2, 0) is 41.6 Å². The molecule has 4 aliphatic rings. The number of nitrogens with one attached hydrogen (secondary N) is 6. The minimum absolute atomic E-state index is 0. The summed E-state index contributed by atoms with van der Waals surface area (Å²) in [5, 5.41) is 18.2. The number of halogens is 2. The number of amides is 6. The fraction of sp³-hybridized carbons (Fsp3) is 0.574. The van der Waals surface area contributed by atoms with Gasteiger partial charge in [0.05, 0.1) is 31.3 Å². The zero-order valence-corrected chi connectivity index (χ0v) is 50.1. The van der Waals surface area contributed by atoms with Gasteiger partial charge in [0.2, 0.25) is 35.4 Å². The van der Waals surface area contributed by atoms with Crippen molar-refractivity contribution in [2.24, 2.45) is 22.7 Å². The Morgan fingerprint density at radius 1 is 0.588 bits per heavy atom. The van der Waals surface area contributed by atoms with E-state index in [-0.39, 0.29) is 128 Å². The summed E-state index contributed by atoms with van der Waals surface area (Å²) in [6.45, 7) is 14.7. The summed E-state index contributed by atoms with van der Waals surface area (Å²) < 4.78 is 5.66. The molecule has 17 nitrogen and oxygen atoms in total. The van der Waals surface area contributed by atoms with Gasteiger partial charge in [-0.15, -0.1) is 24.8 Å². The largest absolute Gasteiger partial charge is 0.497 e. The number of likely N-dealkylation sites (N-methyl/N-ethyl adjacent to an activating group) is 2. The van der Waals surface area contributed by atoms with Crippen LogP contribution in [0.25, 0.3) is 0 Å². The Kier molecular flexibility index (Phi) is 22.5. The van der Waals surface area contributed by atoms with Crippen LogP contribution in [0.5, 0.6) is 5.75 Å². The molecule has 0 spiro atoms. The van der Waals surface area contributed by atoms with Gasteiger partial charge in [0.1, 0.15) is 29.9 Å². The number of aryl methyl sites for hydroxylation is 2. The number of carbonyl (C=O) groups excluding carboxylic acids is 8. The molecule has 2 heterocycles. The predicted molar refractivity (Wildman–Crippen MR) is 313 cm³/mol. The van der Waals surface area contributed by atoms with Gasteiger partial charge in [-0.1, -0.05) is 90.1 Å². The van der Waals surface area contributed by atoms with Gasteiger partial charge in [0, 0.05) is 37.1 Å². The van der Waals surface area contributed by atoms with Crippen LogP contribution >= 0.6 is 24.8 Å². The Hall–Kier alpha value is -5.88. The number of methoxy groups -OCH3 is 1. The van der Waals surface area contributed by atoms with E-state index in [0.29, 0.717) is 0 Å². The second-order valence-electron chi connectivity index (χ2n) is 24.4. The van der Waals surface area contributed by atoms with E-state index < -0.39 is 70.7 Å². The molecular weight excluding hydrogens is 1060 g/mol. The number of benzene rings is 3. The molecule has 0 bridgehead atoms. The topological polar surface area (TPSA) is 224 Å². The van der Waals surface area contributed by atoms with Gasteiger partial charge in [0.15, 0.2) is 11.6 Å². The number of hydrogen-bond acceptors (Lipinski definition) is 11. The van der Waals surface area contributed by atoms with Gasteiger partial charge >= 0.3 is 0 Å². The highest BCUT2D eigenvalue weighted by atomic mass is 35.5. The highest BCUT2D eigenvalue weighted by molar-refractivity contribution is 6.03. The first-order valence-electron chi connectivity index (χ1n) is 28.0. The zero-order chi connectivity index (χ0) is 56.8. The van der Waals surface area contributed by atoms with Crippen molar-refractivity contribution in [3.8, 4) is 5.75 Å². The lowest BCUT2D eigenvalue weighted by molar-refractivity contribution is -0.144. The molecule has 0 radical (unpaired) electrons. The fourth-order valence-corrected chi connectivity index (χ4v) is 11.7. The van der Waals surface area contributed by atoms with Crippen molar-refractivity contribution in [1.82, 2.24) is 41.7 Å². The average Bonchev–Trinajstić information content (AvgIpc) is 4.05. The van der Waals surface area contributed by atoms with E-state index in [1.807, 2.05) is 77.9 Å². The summed E-state index contributed by atoms with van der Waals surface area (Å²) in [6.07, 6.45) is 5.35. The summed E-state index contributed by atoms with van der Waals surface area (Å²) in [4.78, 5) is 117. The number of carbonyl (C=O) groups is 8. The van der Waals surface area contributed by atoms with Gasteiger partial charge in [0.25, 0.3) is 0 Å². The smallest absolute Gasteiger partial charge is 0.246 e. The van der Waals surface area contributed by atoms with E-state index in [1.165, 1.54) is 28.0 Å². The van der Waals surface area contributed by atoms with Crippen molar-refractivity contribution in [3.05, 3.63) is 100 Å². The Morgan fingerprint density at radius 3 is 1.31 bits per heavy atom. The number of Topliss-reactive ketones (excluding diaryl/α,β-unsaturated/α-hetero) is 2. The third kappa shape index (κ3) is 15.4. The van der Waals surface area contributed by atoms with Crippen LogP contribution in [-0.4, -0.2) is 127 Å². The number of hydrogen-bond donors (Lipinski definition) is 6. The fourth-order valence-electron chi connectivity index (χ4n) is 11.7. The molecule has 2 aliphatic heterocycles. The summed E-state index contributed by atoms with van der Waals surface area (Å²) in [6, 6.07) is 15.3. The van der Waals surface area contributed by atoms with E-state index in [9.17, 15) is 38.4 Å². The van der Waals surface area contributed by atoms with E-state index >= 15 is 0 Å². The lowest BCUT2D eigenvalue weighted by Crippen LogP contribution is -2.59. The van der Waals surface area contributed by atoms with Gasteiger partial charge in [-0.05, 0) is 142 Å². The van der Waals surface area contributed by atoms with E-state index in [1.54, 1.807) is 46.1 Å². The van der Waals surface area contributed by atoms with E-state index in [2.05, 4.69) is 44.0 Å². The van der Waals surface area contributed by atoms with Gasteiger partial charge in [-0.3, -0.25) is 38.4 Å². The normalized spacial score (nSPS) is 22.1. The molecule has 2 aliphatic carbocycles. The molecule has 3 aromatic carbocycles. The second kappa shape index (κ2) is 27.7. The van der Waals surface area contributed by atoms with Crippen molar-refractivity contribution in [2.75, 3.05) is 34.3 Å². The van der Waals surface area contributed by atoms with E-state index in [4.69, 9.17) is 4.74 Å². The first kappa shape index (κ1) is 64.9. The van der Waals surface area contributed by atoms with Gasteiger partial charge < -0.3 is 46.4 Å². The molecule has 3 aromatic rings. The van der Waals surface area contributed by atoms with Crippen molar-refractivity contribution in [2.45, 2.75) is 168 Å². The molecule has 2 saturated heterocycles. The quantitative estimate of drug-likeness (QED) is 0.0687. The SMILES string of the molecule is CN[C@@H](C)C(=O)N[C@H](C(=O)N1C[C@@H](CC(=O)c2cc(OC)cc(C(=O)C[C@H]3C[C@@H](C(=O)N[C@@H]4CCCc5ccccc54)N(C(=O)[C@@H](NC(=O)[C@H](C)NC)C(C)(C)C)C3)c2)C[C@H]1C(=O)N[C@@H]1CCCc2ccccc21)C(C)(C)C.Cl.Cl. The molecule has 7 rings (SSSR count). The molecule has 10 atom stereocenters. The first-order chi connectivity index (χ1) is 36.9. The van der Waals surface area contributed by atoms with Crippen LogP contribution in [0.1, 0.15) is 162 Å². The van der Waals surface area contributed by atoms with Crippen molar-refractivity contribution in [3.63, 3.8) is 0 Å². The Morgan fingerprint density at radius 2 is 0.963 bits per heavy atom. The molecule has 19 heteroatoms. The molecule has 0 unspecified atom stereocenters. The lowest BCUT2D eigenvalue weighted by atomic mass is 9.85. The molecule has 0 aromatic heterocycles. The third-order valence-corrected chi connectivity index (χ3v) is 16.5. The third-order valence-electron chi connectivity index (χ3n) is 16.5. The zero-order valence-electron chi connectivity index (χ0n) is 48.5. The highest BCUT2D eigenvalue weighted by Gasteiger charge is 2.48. The second-order valence-corrected chi connectivity index (χ2v) is 24.4. The van der Waals surface area contributed by atoms with Crippen molar-refractivity contribution >= 4 is 71.8 Å². The minimum atomic E-state index is -0.982. The summed E-state index contributed by atoms with van der Waals surface area (Å²) >= 11 is 0. The highest BCUT2D eigenvalue weighted by Crippen LogP contribution is 2.37. The van der Waals surface area contributed by atoms with Crippen LogP contribution in [0.4, 0.5) is 0 Å². The molecule has 2 fully saturated rings. The average molecular weight is 1150 g/mol. The van der Waals surface area contributed by atoms with Crippen LogP contribution in [0.3, 0.4) is 0 Å². The standard InChI is InChI=1S/C61H84N8O9.2ClH/c1-35(62-9)54(72)66-52(60(3,4)5)58(76)68-33-37(26-48(68)56(74)64-46-24-16-20-39-18-12-14-22-44(39)46)28-50(70)41-30-42(32-43(31-41)78-11)51(71)29-38-27-49(57(75)65-47-25-17-21-40-19-13-15-23-45(40)47)69(34-38)59(77)53(61(6,7)8)67-55(73)36(2)63-10;;/h12-15,18-19,22-23,30-32,35-38,46-49,52-53,62-63H,16-17,20-21,24-29,33-34H2,1-11H3,(H,64,74)(H,65,75)(H,66,72)(H,67,73);2*1H/t35-,36-,37+,38+,46+,47+,48-,49-,52+,53+;;/m0../s1. The summed E-state index contributed by atoms with van der Waals surface area (Å²) in [7, 11) is 4.77. The number of ether oxygens (including phenoxy) is 1. The Bertz CT molecular complexity index is 2570. The maximum Gasteiger partial charge on any atom is 0.246 e. The lowest BCUT2D eigenvalue weighted by Gasteiger charge is -2.36. The van der Waals surface area contributed by atoms with Crippen LogP contribution in [0, 0.1) is 22.7 Å². The molecule has 6 N–H and O–H groups in total. The monoisotopic (exact) mass is 1140 g/mol. The summed E-state index contributed by atoms with van der Waals surface area (Å²) in [5.74, 6) is -3.46. The maximum absolute atomic E-state index is 14.8. The number of rotatable bonds is 19. The number of likely N-dealkylation sites (tertiary alicyclic amines) is 2. The molecule has 80 heavy (non-hydrogen) atoms. The number of fused-ring (bicyclic) bond motifs is 2. The first-order valence-corrected chi connectivity index (χ1v) is 28.0. The van der Waals surface area contributed by atoms with Gasteiger partial charge in [-0.25, -0.2) is 0 Å². The number of nitrogens with zero attached hydrogens (tertiary/aromatic N) is 2. The molecule has 6 amide bonds.